The number of aromatic nitrogens is 1. The minimum absolute atomic E-state index is 0.141. The fourth-order valence-electron chi connectivity index (χ4n) is 3.91. The van der Waals surface area contributed by atoms with Crippen LogP contribution >= 0.6 is 0 Å². The number of carbonyl (C=O) groups excluding carboxylic acids is 1. The number of benzene rings is 2. The molecular weight excluding hydrogens is 410 g/mol. The molecule has 0 unspecified atom stereocenters. The van der Waals surface area contributed by atoms with E-state index in [0.29, 0.717) is 31.5 Å². The number of nitrogens with one attached hydrogen (secondary N) is 1. The molecule has 0 radical (unpaired) electrons. The number of hydrogen-bond donors (Lipinski definition) is 1. The Balaban J connectivity index is 1.57. The Hall–Kier alpha value is -3.03. The van der Waals surface area contributed by atoms with Crippen LogP contribution in [0.4, 0.5) is 5.69 Å². The molecule has 7 heteroatoms. The fourth-order valence-corrected chi connectivity index (χ4v) is 4.71. The van der Waals surface area contributed by atoms with Crippen molar-refractivity contribution in [1.29, 1.82) is 0 Å². The van der Waals surface area contributed by atoms with Gasteiger partial charge in [0.05, 0.1) is 6.26 Å². The molecule has 1 N–H and O–H groups in total. The second kappa shape index (κ2) is 8.61. The van der Waals surface area contributed by atoms with Gasteiger partial charge in [-0.2, -0.15) is 4.31 Å². The summed E-state index contributed by atoms with van der Waals surface area (Å²) >= 11 is 0. The lowest BCUT2D eigenvalue weighted by Gasteiger charge is -2.27. The number of carbonyl (C=O) groups is 1. The van der Waals surface area contributed by atoms with Gasteiger partial charge >= 0.3 is 0 Å². The Kier molecular flexibility index (Phi) is 5.89. The number of amides is 1. The number of sulfonamides is 1. The van der Waals surface area contributed by atoms with Gasteiger partial charge in [0, 0.05) is 42.7 Å². The average molecular weight is 436 g/mol. The zero-order valence-corrected chi connectivity index (χ0v) is 18.4. The third-order valence-electron chi connectivity index (χ3n) is 5.62. The van der Waals surface area contributed by atoms with Crippen LogP contribution in [0.25, 0.3) is 0 Å². The van der Waals surface area contributed by atoms with Gasteiger partial charge in [0.25, 0.3) is 5.91 Å². The molecule has 31 heavy (non-hydrogen) atoms. The first-order valence-corrected chi connectivity index (χ1v) is 12.0. The molecule has 160 valence electrons. The summed E-state index contributed by atoms with van der Waals surface area (Å²) in [5.41, 5.74) is 6.33. The van der Waals surface area contributed by atoms with Crippen LogP contribution in [0.1, 0.15) is 38.3 Å². The first kappa shape index (κ1) is 21.2. The van der Waals surface area contributed by atoms with Crippen molar-refractivity contribution >= 4 is 21.6 Å². The molecule has 4 rings (SSSR count). The Bertz CT molecular complexity index is 1220. The number of aryl methyl sites for hydroxylation is 1. The van der Waals surface area contributed by atoms with Crippen LogP contribution in [-0.2, 0) is 29.4 Å². The summed E-state index contributed by atoms with van der Waals surface area (Å²) in [6, 6.07) is 17.2. The lowest BCUT2D eigenvalue weighted by molar-refractivity contribution is 0.102. The largest absolute Gasteiger partial charge is 0.322 e. The lowest BCUT2D eigenvalue weighted by atomic mass is 9.95. The molecule has 6 nitrogen and oxygen atoms in total. The van der Waals surface area contributed by atoms with Gasteiger partial charge in [-0.25, -0.2) is 8.42 Å². The van der Waals surface area contributed by atoms with Gasteiger partial charge in [0.1, 0.15) is 0 Å². The second-order valence-electron chi connectivity index (χ2n) is 7.89. The monoisotopic (exact) mass is 435 g/mol. The minimum atomic E-state index is -3.22. The van der Waals surface area contributed by atoms with Crippen LogP contribution in [0.15, 0.2) is 60.8 Å². The molecule has 0 bridgehead atoms. The normalized spacial score (nSPS) is 14.1. The van der Waals surface area contributed by atoms with Gasteiger partial charge in [-0.15, -0.1) is 0 Å². The zero-order chi connectivity index (χ0) is 22.0. The highest BCUT2D eigenvalue weighted by Gasteiger charge is 2.25. The van der Waals surface area contributed by atoms with Crippen LogP contribution in [-0.4, -0.2) is 36.4 Å². The molecule has 0 fully saturated rings. The van der Waals surface area contributed by atoms with E-state index >= 15 is 0 Å². The predicted molar refractivity (Wildman–Crippen MR) is 122 cm³/mol. The maximum absolute atomic E-state index is 12.8. The van der Waals surface area contributed by atoms with Crippen LogP contribution in [0.2, 0.25) is 0 Å². The Morgan fingerprint density at radius 3 is 2.65 bits per heavy atom. The summed E-state index contributed by atoms with van der Waals surface area (Å²) in [4.78, 5) is 17.4. The molecular formula is C24H25N3O3S. The maximum atomic E-state index is 12.8. The molecule has 0 saturated heterocycles. The maximum Gasteiger partial charge on any atom is 0.255 e. The van der Waals surface area contributed by atoms with Gasteiger partial charge < -0.3 is 5.32 Å². The SMILES string of the molecule is Cc1ccc(Cc2nccc3c2CCN(S(C)(=O)=O)C3)cc1C(=O)Nc1ccccc1. The van der Waals surface area contributed by atoms with E-state index in [9.17, 15) is 13.2 Å². The summed E-state index contributed by atoms with van der Waals surface area (Å²) in [6.07, 6.45) is 4.21. The van der Waals surface area contributed by atoms with E-state index in [-0.39, 0.29) is 5.91 Å². The van der Waals surface area contributed by atoms with E-state index in [1.807, 2.05) is 61.5 Å². The highest BCUT2D eigenvalue weighted by molar-refractivity contribution is 7.88. The number of para-hydroxylation sites is 1. The van der Waals surface area contributed by atoms with Crippen molar-refractivity contribution in [3.8, 4) is 0 Å². The summed E-state index contributed by atoms with van der Waals surface area (Å²) < 4.78 is 25.3. The van der Waals surface area contributed by atoms with E-state index in [4.69, 9.17) is 0 Å². The number of rotatable bonds is 5. The van der Waals surface area contributed by atoms with E-state index in [0.717, 1.165) is 33.6 Å². The molecule has 1 amide bonds. The molecule has 3 aromatic rings. The van der Waals surface area contributed by atoms with Gasteiger partial charge in [-0.05, 0) is 59.9 Å². The summed E-state index contributed by atoms with van der Waals surface area (Å²) in [7, 11) is -3.22. The van der Waals surface area contributed by atoms with Crippen molar-refractivity contribution in [2.45, 2.75) is 26.3 Å². The van der Waals surface area contributed by atoms with E-state index in [2.05, 4.69) is 10.3 Å². The van der Waals surface area contributed by atoms with Gasteiger partial charge in [0.2, 0.25) is 10.0 Å². The highest BCUT2D eigenvalue weighted by Crippen LogP contribution is 2.25. The summed E-state index contributed by atoms with van der Waals surface area (Å²) in [5.74, 6) is -0.141. The molecule has 1 aliphatic heterocycles. The number of pyridine rings is 1. The molecule has 1 aliphatic rings. The first-order chi connectivity index (χ1) is 14.8. The standard InChI is InChI=1S/C24H25N3O3S/c1-17-8-9-18(14-22(17)24(28)26-20-6-4-3-5-7-20)15-23-21-11-13-27(31(2,29)30)16-19(21)10-12-25-23/h3-10,12,14H,11,13,15-16H2,1-2H3,(H,26,28). The lowest BCUT2D eigenvalue weighted by Crippen LogP contribution is -2.35. The van der Waals surface area contributed by atoms with Crippen LogP contribution < -0.4 is 5.32 Å². The summed E-state index contributed by atoms with van der Waals surface area (Å²) in [5, 5.41) is 2.94. The van der Waals surface area contributed by atoms with E-state index in [1.165, 1.54) is 10.6 Å². The van der Waals surface area contributed by atoms with Crippen LogP contribution in [0, 0.1) is 6.92 Å². The highest BCUT2D eigenvalue weighted by atomic mass is 32.2. The van der Waals surface area contributed by atoms with Crippen molar-refractivity contribution in [2.24, 2.45) is 0 Å². The van der Waals surface area contributed by atoms with Crippen molar-refractivity contribution in [3.05, 3.63) is 94.3 Å². The first-order valence-electron chi connectivity index (χ1n) is 10.2. The van der Waals surface area contributed by atoms with Crippen molar-refractivity contribution in [1.82, 2.24) is 9.29 Å². The van der Waals surface area contributed by atoms with Crippen molar-refractivity contribution in [2.75, 3.05) is 18.1 Å². The van der Waals surface area contributed by atoms with E-state index in [1.54, 1.807) is 6.20 Å². The third kappa shape index (κ3) is 4.84. The quantitative estimate of drug-likeness (QED) is 0.665. The van der Waals surface area contributed by atoms with Crippen LogP contribution in [0.5, 0.6) is 0 Å². The topological polar surface area (TPSA) is 79.4 Å². The fraction of sp³-hybridized carbons (Fsp3) is 0.250. The van der Waals surface area contributed by atoms with Gasteiger partial charge in [-0.3, -0.25) is 9.78 Å². The third-order valence-corrected chi connectivity index (χ3v) is 6.87. The summed E-state index contributed by atoms with van der Waals surface area (Å²) in [6.45, 7) is 2.76. The Morgan fingerprint density at radius 1 is 1.13 bits per heavy atom. The zero-order valence-electron chi connectivity index (χ0n) is 17.6. The van der Waals surface area contributed by atoms with Gasteiger partial charge in [0.15, 0.2) is 0 Å². The van der Waals surface area contributed by atoms with E-state index < -0.39 is 10.0 Å². The smallest absolute Gasteiger partial charge is 0.255 e. The van der Waals surface area contributed by atoms with Crippen molar-refractivity contribution in [3.63, 3.8) is 0 Å². The van der Waals surface area contributed by atoms with Crippen molar-refractivity contribution < 1.29 is 13.2 Å². The molecule has 0 aliphatic carbocycles. The van der Waals surface area contributed by atoms with Crippen LogP contribution in [0.3, 0.4) is 0 Å². The second-order valence-corrected chi connectivity index (χ2v) is 9.87. The molecule has 0 atom stereocenters. The number of anilines is 1. The molecule has 2 heterocycles. The Morgan fingerprint density at radius 2 is 1.90 bits per heavy atom. The number of hydrogen-bond acceptors (Lipinski definition) is 4. The van der Waals surface area contributed by atoms with Gasteiger partial charge in [-0.1, -0.05) is 30.3 Å². The number of fused-ring (bicyclic) bond motifs is 1. The predicted octanol–water partition coefficient (Wildman–Crippen LogP) is 3.55. The molecule has 0 spiro atoms. The molecule has 0 saturated carbocycles. The molecule has 1 aromatic heterocycles. The number of nitrogens with zero attached hydrogens (tertiary/aromatic N) is 2. The minimum Gasteiger partial charge on any atom is -0.322 e. The average Bonchev–Trinajstić information content (AvgIpc) is 2.75. The molecule has 2 aromatic carbocycles. The Labute approximate surface area is 183 Å².